The van der Waals surface area contributed by atoms with Gasteiger partial charge in [-0.1, -0.05) is 43.5 Å². The first-order valence-electron chi connectivity index (χ1n) is 10.8. The number of hydrogen-bond donors (Lipinski definition) is 3. The summed E-state index contributed by atoms with van der Waals surface area (Å²) in [5.41, 5.74) is 3.77. The first-order valence-corrected chi connectivity index (χ1v) is 10.8. The molecule has 3 aromatic rings. The number of fused-ring (bicyclic) bond motifs is 2. The maximum Gasteiger partial charge on any atom is 0.196 e. The van der Waals surface area contributed by atoms with Crippen molar-refractivity contribution in [2.45, 2.75) is 38.1 Å². The van der Waals surface area contributed by atoms with Crippen molar-refractivity contribution in [1.82, 2.24) is 0 Å². The van der Waals surface area contributed by atoms with Crippen LogP contribution in [0.3, 0.4) is 0 Å². The quantitative estimate of drug-likeness (QED) is 0.377. The minimum Gasteiger partial charge on any atom is -0.508 e. The van der Waals surface area contributed by atoms with Crippen LogP contribution in [0, 0.1) is 0 Å². The molecular weight excluding hydrogens is 388 g/mol. The zero-order chi connectivity index (χ0) is 21.4. The molecule has 5 nitrogen and oxygen atoms in total. The normalized spacial score (nSPS) is 15.9. The Morgan fingerprint density at radius 1 is 0.710 bits per heavy atom. The van der Waals surface area contributed by atoms with Gasteiger partial charge in [0.25, 0.3) is 0 Å². The zero-order valence-electron chi connectivity index (χ0n) is 17.2. The highest BCUT2D eigenvalue weighted by molar-refractivity contribution is 6.32. The number of benzene rings is 3. The summed E-state index contributed by atoms with van der Waals surface area (Å²) in [7, 11) is 0. The van der Waals surface area contributed by atoms with Crippen molar-refractivity contribution in [2.75, 3.05) is 10.6 Å². The third kappa shape index (κ3) is 3.56. The summed E-state index contributed by atoms with van der Waals surface area (Å²) in [6.07, 6.45) is 5.74. The van der Waals surface area contributed by atoms with Crippen LogP contribution in [-0.2, 0) is 0 Å². The van der Waals surface area contributed by atoms with Gasteiger partial charge in [0.15, 0.2) is 11.6 Å². The second-order valence-corrected chi connectivity index (χ2v) is 8.27. The van der Waals surface area contributed by atoms with E-state index in [0.717, 1.165) is 24.2 Å². The number of rotatable bonds is 4. The average molecular weight is 412 g/mol. The topological polar surface area (TPSA) is 78.4 Å². The number of aromatic hydroxyl groups is 1. The summed E-state index contributed by atoms with van der Waals surface area (Å²) in [4.78, 5) is 27.0. The van der Waals surface area contributed by atoms with Gasteiger partial charge in [0, 0.05) is 28.5 Å². The second-order valence-electron chi connectivity index (χ2n) is 8.27. The first kappa shape index (κ1) is 19.4. The Kier molecular flexibility index (Phi) is 4.94. The molecule has 0 amide bonds. The Bertz CT molecular complexity index is 1160. The molecular formula is C26H24N2O3. The van der Waals surface area contributed by atoms with Gasteiger partial charge < -0.3 is 15.7 Å². The zero-order valence-corrected chi connectivity index (χ0v) is 17.2. The second kappa shape index (κ2) is 7.91. The van der Waals surface area contributed by atoms with Gasteiger partial charge in [-0.2, -0.15) is 0 Å². The highest BCUT2D eigenvalue weighted by atomic mass is 16.3. The molecule has 0 spiro atoms. The lowest BCUT2D eigenvalue weighted by atomic mass is 9.82. The van der Waals surface area contributed by atoms with Crippen LogP contribution in [0.15, 0.2) is 60.7 Å². The van der Waals surface area contributed by atoms with E-state index in [0.29, 0.717) is 34.0 Å². The summed E-state index contributed by atoms with van der Waals surface area (Å²) >= 11 is 0. The lowest BCUT2D eigenvalue weighted by molar-refractivity contribution is 0.0980. The molecule has 1 fully saturated rings. The van der Waals surface area contributed by atoms with Gasteiger partial charge in [0.1, 0.15) is 5.75 Å². The summed E-state index contributed by atoms with van der Waals surface area (Å²) < 4.78 is 0. The van der Waals surface area contributed by atoms with Crippen LogP contribution in [0.2, 0.25) is 0 Å². The minimum absolute atomic E-state index is 0.127. The maximum absolute atomic E-state index is 13.5. The third-order valence-electron chi connectivity index (χ3n) is 6.19. The molecule has 0 bridgehead atoms. The fourth-order valence-corrected chi connectivity index (χ4v) is 4.61. The minimum atomic E-state index is -0.154. The Morgan fingerprint density at radius 2 is 1.29 bits per heavy atom. The monoisotopic (exact) mass is 412 g/mol. The Morgan fingerprint density at radius 3 is 1.94 bits per heavy atom. The summed E-state index contributed by atoms with van der Waals surface area (Å²) in [6, 6.07) is 17.7. The fourth-order valence-electron chi connectivity index (χ4n) is 4.61. The van der Waals surface area contributed by atoms with Crippen molar-refractivity contribution in [3.63, 3.8) is 0 Å². The summed E-state index contributed by atoms with van der Waals surface area (Å²) in [5.74, 6) is -0.114. The maximum atomic E-state index is 13.5. The number of hydrogen-bond acceptors (Lipinski definition) is 5. The number of phenolic OH excluding ortho intramolecular Hbond substituents is 1. The molecule has 31 heavy (non-hydrogen) atoms. The highest BCUT2D eigenvalue weighted by Crippen LogP contribution is 2.38. The molecule has 2 aliphatic rings. The van der Waals surface area contributed by atoms with E-state index < -0.39 is 0 Å². The van der Waals surface area contributed by atoms with E-state index in [4.69, 9.17) is 0 Å². The van der Waals surface area contributed by atoms with Gasteiger partial charge in [-0.15, -0.1) is 0 Å². The summed E-state index contributed by atoms with van der Waals surface area (Å²) in [5, 5.41) is 16.4. The van der Waals surface area contributed by atoms with E-state index in [2.05, 4.69) is 10.6 Å². The number of phenols is 1. The molecule has 0 heterocycles. The van der Waals surface area contributed by atoms with Crippen molar-refractivity contribution < 1.29 is 14.7 Å². The lowest BCUT2D eigenvalue weighted by Gasteiger charge is -2.28. The Labute approximate surface area is 181 Å². The number of nitrogens with one attached hydrogen (secondary N) is 2. The molecule has 3 aromatic carbocycles. The smallest absolute Gasteiger partial charge is 0.196 e. The Balaban J connectivity index is 1.61. The molecule has 2 aliphatic carbocycles. The molecule has 0 atom stereocenters. The molecule has 3 N–H and O–H groups in total. The van der Waals surface area contributed by atoms with Crippen LogP contribution in [0.4, 0.5) is 17.1 Å². The van der Waals surface area contributed by atoms with Crippen molar-refractivity contribution in [3.05, 3.63) is 82.9 Å². The van der Waals surface area contributed by atoms with E-state index in [9.17, 15) is 14.7 Å². The average Bonchev–Trinajstić information content (AvgIpc) is 2.80. The van der Waals surface area contributed by atoms with Gasteiger partial charge in [0.2, 0.25) is 0 Å². The van der Waals surface area contributed by atoms with Crippen LogP contribution in [-0.4, -0.2) is 22.7 Å². The third-order valence-corrected chi connectivity index (χ3v) is 6.19. The van der Waals surface area contributed by atoms with Crippen LogP contribution in [0.25, 0.3) is 0 Å². The summed E-state index contributed by atoms with van der Waals surface area (Å²) in [6.45, 7) is 0. The highest BCUT2D eigenvalue weighted by Gasteiger charge is 2.34. The molecule has 5 rings (SSSR count). The molecule has 0 aliphatic heterocycles. The van der Waals surface area contributed by atoms with Gasteiger partial charge in [-0.05, 0) is 49.2 Å². The number of anilines is 3. The molecule has 1 saturated carbocycles. The van der Waals surface area contributed by atoms with Crippen molar-refractivity contribution >= 4 is 28.6 Å². The molecule has 0 unspecified atom stereocenters. The van der Waals surface area contributed by atoms with Crippen molar-refractivity contribution in [1.29, 1.82) is 0 Å². The molecule has 0 radical (unpaired) electrons. The van der Waals surface area contributed by atoms with Crippen LogP contribution in [0.1, 0.15) is 63.9 Å². The van der Waals surface area contributed by atoms with E-state index in [1.807, 2.05) is 12.1 Å². The first-order chi connectivity index (χ1) is 15.1. The van der Waals surface area contributed by atoms with E-state index in [1.54, 1.807) is 48.5 Å². The van der Waals surface area contributed by atoms with Crippen molar-refractivity contribution in [2.24, 2.45) is 0 Å². The van der Waals surface area contributed by atoms with Gasteiger partial charge in [-0.3, -0.25) is 9.59 Å². The number of carbonyl (C=O) groups excluding carboxylic acids is 2. The largest absolute Gasteiger partial charge is 0.508 e. The van der Waals surface area contributed by atoms with Crippen LogP contribution < -0.4 is 10.6 Å². The molecule has 156 valence electrons. The molecule has 5 heteroatoms. The SMILES string of the molecule is O=C1c2ccccc2C(=O)c2c(NC3CCCCC3)ccc(Nc3ccc(O)cc3)c21. The van der Waals surface area contributed by atoms with Crippen LogP contribution in [0.5, 0.6) is 5.75 Å². The van der Waals surface area contributed by atoms with Crippen LogP contribution >= 0.6 is 0 Å². The van der Waals surface area contributed by atoms with Crippen molar-refractivity contribution in [3.8, 4) is 5.75 Å². The molecule has 0 saturated heterocycles. The van der Waals surface area contributed by atoms with Gasteiger partial charge in [-0.25, -0.2) is 0 Å². The van der Waals surface area contributed by atoms with E-state index in [1.165, 1.54) is 19.3 Å². The lowest BCUT2D eigenvalue weighted by Crippen LogP contribution is -2.27. The molecule has 0 aromatic heterocycles. The van der Waals surface area contributed by atoms with E-state index in [-0.39, 0.29) is 17.3 Å². The van der Waals surface area contributed by atoms with E-state index >= 15 is 0 Å². The predicted molar refractivity (Wildman–Crippen MR) is 122 cm³/mol. The van der Waals surface area contributed by atoms with Gasteiger partial charge in [0.05, 0.1) is 16.8 Å². The number of ketones is 2. The number of carbonyl (C=O) groups is 2. The Hall–Kier alpha value is -3.60. The fraction of sp³-hybridized carbons (Fsp3) is 0.231. The standard InChI is InChI=1S/C26H24N2O3/c29-18-12-10-17(11-13-18)28-22-15-14-21(27-16-6-2-1-3-7-16)23-24(22)26(31)20-9-5-4-8-19(20)25(23)30/h4-5,8-16,27-29H,1-3,6-7H2. The predicted octanol–water partition coefficient (Wildman–Crippen LogP) is 5.66. The van der Waals surface area contributed by atoms with Gasteiger partial charge >= 0.3 is 0 Å².